The molecule has 35 heavy (non-hydrogen) atoms. The molecule has 0 aliphatic heterocycles. The van der Waals surface area contributed by atoms with Crippen molar-refractivity contribution in [3.05, 3.63) is 59.7 Å². The third-order valence-electron chi connectivity index (χ3n) is 7.33. The van der Waals surface area contributed by atoms with Crippen LogP contribution < -0.4 is 10.6 Å². The van der Waals surface area contributed by atoms with E-state index in [1.807, 2.05) is 31.2 Å². The van der Waals surface area contributed by atoms with Crippen molar-refractivity contribution in [3.8, 4) is 11.1 Å². The van der Waals surface area contributed by atoms with Crippen LogP contribution in [0.5, 0.6) is 0 Å². The topological polar surface area (TPSA) is 105 Å². The molecule has 188 valence electrons. The molecule has 0 aromatic heterocycles. The van der Waals surface area contributed by atoms with Crippen LogP contribution in [-0.2, 0) is 14.3 Å². The average molecular weight is 481 g/mol. The predicted molar refractivity (Wildman–Crippen MR) is 135 cm³/mol. The highest BCUT2D eigenvalue weighted by Gasteiger charge is 2.44. The minimum Gasteiger partial charge on any atom is -0.481 e. The third-order valence-corrected chi connectivity index (χ3v) is 7.33. The summed E-state index contributed by atoms with van der Waals surface area (Å²) in [6, 6.07) is 16.3. The zero-order chi connectivity index (χ0) is 25.8. The Morgan fingerprint density at radius 3 is 2.06 bits per heavy atom. The van der Waals surface area contributed by atoms with Gasteiger partial charge in [0.2, 0.25) is 5.91 Å². The molecule has 7 heteroatoms. The van der Waals surface area contributed by atoms with Crippen LogP contribution in [0, 0.1) is 11.3 Å². The fraction of sp³-hybridized carbons (Fsp3) is 0.464. The molecule has 3 rings (SSSR count). The van der Waals surface area contributed by atoms with Crippen molar-refractivity contribution < 1.29 is 24.2 Å². The molecule has 7 nitrogen and oxygen atoms in total. The highest BCUT2D eigenvalue weighted by molar-refractivity contribution is 5.84. The molecule has 0 saturated carbocycles. The van der Waals surface area contributed by atoms with E-state index in [0.29, 0.717) is 13.0 Å². The molecule has 1 unspecified atom stereocenters. The van der Waals surface area contributed by atoms with Crippen LogP contribution in [0.2, 0.25) is 0 Å². The molecule has 3 N–H and O–H groups in total. The first kappa shape index (κ1) is 26.3. The molecule has 1 aliphatic rings. The van der Waals surface area contributed by atoms with Gasteiger partial charge in [0.1, 0.15) is 6.61 Å². The number of alkyl carbamates (subject to hydrolysis) is 1. The van der Waals surface area contributed by atoms with Crippen molar-refractivity contribution in [2.75, 3.05) is 13.2 Å². The molecule has 0 heterocycles. The summed E-state index contributed by atoms with van der Waals surface area (Å²) in [6.07, 6.45) is 0.0513. The molecule has 0 spiro atoms. The van der Waals surface area contributed by atoms with Gasteiger partial charge in [0.15, 0.2) is 0 Å². The number of carbonyl (C=O) groups excluding carboxylic acids is 2. The Bertz CT molecular complexity index is 1050. The molecule has 2 aromatic rings. The smallest absolute Gasteiger partial charge is 0.407 e. The van der Waals surface area contributed by atoms with E-state index in [2.05, 4.69) is 34.9 Å². The van der Waals surface area contributed by atoms with Gasteiger partial charge in [0.05, 0.1) is 11.0 Å². The number of carboxylic acids is 1. The van der Waals surface area contributed by atoms with Crippen molar-refractivity contribution >= 4 is 18.0 Å². The maximum atomic E-state index is 12.9. The number of hydrogen-bond acceptors (Lipinski definition) is 4. The maximum Gasteiger partial charge on any atom is 0.407 e. The summed E-state index contributed by atoms with van der Waals surface area (Å²) in [5, 5.41) is 14.6. The number of amides is 2. The predicted octanol–water partition coefficient (Wildman–Crippen LogP) is 4.95. The van der Waals surface area contributed by atoms with E-state index in [0.717, 1.165) is 22.3 Å². The summed E-state index contributed by atoms with van der Waals surface area (Å²) < 4.78 is 5.66. The van der Waals surface area contributed by atoms with Crippen LogP contribution in [0.1, 0.15) is 64.5 Å². The van der Waals surface area contributed by atoms with Gasteiger partial charge in [0, 0.05) is 18.9 Å². The SMILES string of the molecule is CC(CCNC(=O)C(C)(C)C(C)(C)NC(=O)OCC1c2ccccc2-c2ccccc21)CC(=O)O. The number of fused-ring (bicyclic) bond motifs is 3. The first-order chi connectivity index (χ1) is 16.4. The van der Waals surface area contributed by atoms with E-state index in [-0.39, 0.29) is 30.8 Å². The minimum absolute atomic E-state index is 0.0390. The van der Waals surface area contributed by atoms with E-state index in [1.165, 1.54) is 0 Å². The van der Waals surface area contributed by atoms with E-state index in [4.69, 9.17) is 9.84 Å². The normalized spacial score (nSPS) is 14.0. The van der Waals surface area contributed by atoms with Crippen LogP contribution in [0.3, 0.4) is 0 Å². The molecular weight excluding hydrogens is 444 g/mol. The molecule has 0 radical (unpaired) electrons. The highest BCUT2D eigenvalue weighted by Crippen LogP contribution is 2.44. The van der Waals surface area contributed by atoms with Crippen LogP contribution in [0.15, 0.2) is 48.5 Å². The van der Waals surface area contributed by atoms with E-state index in [9.17, 15) is 14.4 Å². The first-order valence-corrected chi connectivity index (χ1v) is 12.1. The van der Waals surface area contributed by atoms with Gasteiger partial charge in [-0.25, -0.2) is 4.79 Å². The molecule has 0 bridgehead atoms. The molecule has 0 saturated heterocycles. The Hall–Kier alpha value is -3.35. The fourth-order valence-corrected chi connectivity index (χ4v) is 4.38. The number of rotatable bonds is 10. The Kier molecular flexibility index (Phi) is 7.88. The standard InChI is InChI=1S/C28H36N2O5/c1-18(16-24(31)32)14-15-29-25(33)27(2,3)28(4,5)30-26(34)35-17-23-21-12-8-6-10-19(21)20-11-7-9-13-22(20)23/h6-13,18,23H,14-17H2,1-5H3,(H,29,33)(H,30,34)(H,31,32). The summed E-state index contributed by atoms with van der Waals surface area (Å²) in [5.41, 5.74) is 2.76. The van der Waals surface area contributed by atoms with Crippen molar-refractivity contribution in [3.63, 3.8) is 0 Å². The van der Waals surface area contributed by atoms with Crippen molar-refractivity contribution in [2.45, 2.75) is 58.9 Å². The Morgan fingerprint density at radius 1 is 0.971 bits per heavy atom. The lowest BCUT2D eigenvalue weighted by Crippen LogP contribution is -2.59. The highest BCUT2D eigenvalue weighted by atomic mass is 16.5. The molecule has 2 aromatic carbocycles. The van der Waals surface area contributed by atoms with Gasteiger partial charge in [-0.1, -0.05) is 55.5 Å². The summed E-state index contributed by atoms with van der Waals surface area (Å²) in [7, 11) is 0. The molecule has 1 aliphatic carbocycles. The Labute approximate surface area is 207 Å². The van der Waals surface area contributed by atoms with Gasteiger partial charge in [-0.05, 0) is 62.3 Å². The lowest BCUT2D eigenvalue weighted by atomic mass is 9.73. The molecule has 2 amide bonds. The summed E-state index contributed by atoms with van der Waals surface area (Å²) in [5.74, 6) is -1.15. The number of carboxylic acid groups (broad SMARTS) is 1. The zero-order valence-electron chi connectivity index (χ0n) is 21.2. The van der Waals surface area contributed by atoms with Gasteiger partial charge >= 0.3 is 12.1 Å². The average Bonchev–Trinajstić information content (AvgIpc) is 3.10. The molecular formula is C28H36N2O5. The second-order valence-corrected chi connectivity index (χ2v) is 10.4. The van der Waals surface area contributed by atoms with Gasteiger partial charge < -0.3 is 20.5 Å². The van der Waals surface area contributed by atoms with Crippen LogP contribution in [0.4, 0.5) is 4.79 Å². The maximum absolute atomic E-state index is 12.9. The van der Waals surface area contributed by atoms with Crippen molar-refractivity contribution in [1.82, 2.24) is 10.6 Å². The number of ether oxygens (including phenoxy) is 1. The zero-order valence-corrected chi connectivity index (χ0v) is 21.2. The second-order valence-electron chi connectivity index (χ2n) is 10.4. The second kappa shape index (κ2) is 10.5. The largest absolute Gasteiger partial charge is 0.481 e. The van der Waals surface area contributed by atoms with E-state index < -0.39 is 23.0 Å². The van der Waals surface area contributed by atoms with Crippen LogP contribution >= 0.6 is 0 Å². The van der Waals surface area contributed by atoms with Crippen molar-refractivity contribution in [2.24, 2.45) is 11.3 Å². The van der Waals surface area contributed by atoms with Gasteiger partial charge in [-0.3, -0.25) is 9.59 Å². The number of carbonyl (C=O) groups is 3. The van der Waals surface area contributed by atoms with Gasteiger partial charge in [-0.2, -0.15) is 0 Å². The van der Waals surface area contributed by atoms with Crippen molar-refractivity contribution in [1.29, 1.82) is 0 Å². The number of nitrogens with one attached hydrogen (secondary N) is 2. The molecule has 1 atom stereocenters. The fourth-order valence-electron chi connectivity index (χ4n) is 4.38. The van der Waals surface area contributed by atoms with Crippen LogP contribution in [-0.4, -0.2) is 41.8 Å². The Morgan fingerprint density at radius 2 is 1.51 bits per heavy atom. The summed E-state index contributed by atoms with van der Waals surface area (Å²) in [6.45, 7) is 9.54. The summed E-state index contributed by atoms with van der Waals surface area (Å²) >= 11 is 0. The molecule has 0 fully saturated rings. The number of benzene rings is 2. The lowest BCUT2D eigenvalue weighted by molar-refractivity contribution is -0.138. The van der Waals surface area contributed by atoms with Gasteiger partial charge in [0.25, 0.3) is 0 Å². The quantitative estimate of drug-likeness (QED) is 0.446. The lowest BCUT2D eigenvalue weighted by Gasteiger charge is -2.40. The van der Waals surface area contributed by atoms with Crippen LogP contribution in [0.25, 0.3) is 11.1 Å². The number of hydrogen-bond donors (Lipinski definition) is 3. The summed E-state index contributed by atoms with van der Waals surface area (Å²) in [4.78, 5) is 36.5. The van der Waals surface area contributed by atoms with E-state index in [1.54, 1.807) is 27.7 Å². The minimum atomic E-state index is -0.936. The first-order valence-electron chi connectivity index (χ1n) is 12.1. The number of aliphatic carboxylic acids is 1. The third kappa shape index (κ3) is 5.84. The van der Waals surface area contributed by atoms with Gasteiger partial charge in [-0.15, -0.1) is 0 Å². The monoisotopic (exact) mass is 480 g/mol. The van der Waals surface area contributed by atoms with E-state index >= 15 is 0 Å². The Balaban J connectivity index is 1.58.